The normalized spacial score (nSPS) is 9.78. The smallest absolute Gasteiger partial charge is 0.335 e. The van der Waals surface area contributed by atoms with E-state index in [9.17, 15) is 19.2 Å². The molecule has 0 bridgehead atoms. The first kappa shape index (κ1) is 41.4. The van der Waals surface area contributed by atoms with Gasteiger partial charge in [-0.1, -0.05) is 48.5 Å². The summed E-state index contributed by atoms with van der Waals surface area (Å²) in [4.78, 5) is 44.3. The summed E-state index contributed by atoms with van der Waals surface area (Å²) in [7, 11) is 0. The second-order valence-electron chi connectivity index (χ2n) is 10.6. The fourth-order valence-electron chi connectivity index (χ4n) is 4.52. The molecule has 0 aliphatic rings. The Bertz CT molecular complexity index is 1940. The minimum Gasteiger partial charge on any atom is -0.478 e. The van der Waals surface area contributed by atoms with Crippen LogP contribution in [0.4, 0.5) is 0 Å². The maximum absolute atomic E-state index is 11.1. The highest BCUT2D eigenvalue weighted by atomic mass is 35.5. The van der Waals surface area contributed by atoms with Gasteiger partial charge in [0, 0.05) is 0 Å². The van der Waals surface area contributed by atoms with Gasteiger partial charge in [-0.05, 0) is 97.1 Å². The van der Waals surface area contributed by atoms with E-state index in [-0.39, 0.29) is 47.1 Å². The summed E-state index contributed by atoms with van der Waals surface area (Å²) >= 11 is 0. The lowest BCUT2D eigenvalue weighted by atomic mass is 10.2. The molecule has 0 saturated carbocycles. The van der Waals surface area contributed by atoms with Gasteiger partial charge in [0.2, 0.25) is 0 Å². The van der Waals surface area contributed by atoms with E-state index in [2.05, 4.69) is 0 Å². The Morgan fingerprint density at radius 3 is 0.704 bits per heavy atom. The van der Waals surface area contributed by atoms with Crippen LogP contribution >= 0.6 is 24.8 Å². The van der Waals surface area contributed by atoms with Crippen molar-refractivity contribution in [2.24, 2.45) is 0 Å². The van der Waals surface area contributed by atoms with Crippen molar-refractivity contribution >= 4 is 48.7 Å². The molecule has 0 unspecified atom stereocenters. The summed E-state index contributed by atoms with van der Waals surface area (Å²) in [6, 6.07) is 38.0. The highest BCUT2D eigenvalue weighted by molar-refractivity contribution is 5.89. The number of carboxylic acids is 4. The first-order valence-electron chi connectivity index (χ1n) is 15.3. The lowest BCUT2D eigenvalue weighted by molar-refractivity contribution is 0.0685. The predicted octanol–water partition coefficient (Wildman–Crippen LogP) is 10.2. The van der Waals surface area contributed by atoms with Gasteiger partial charge in [-0.3, -0.25) is 0 Å². The Morgan fingerprint density at radius 2 is 0.519 bits per heavy atom. The van der Waals surface area contributed by atoms with Crippen LogP contribution in [0.25, 0.3) is 0 Å². The van der Waals surface area contributed by atoms with Crippen molar-refractivity contribution in [2.45, 2.75) is 0 Å². The molecular weight excluding hydrogens is 743 g/mol. The summed E-state index contributed by atoms with van der Waals surface area (Å²) in [6.45, 7) is 0. The molecule has 276 valence electrons. The van der Waals surface area contributed by atoms with Crippen molar-refractivity contribution in [2.75, 3.05) is 0 Å². The lowest BCUT2D eigenvalue weighted by Gasteiger charge is -2.12. The molecule has 54 heavy (non-hydrogen) atoms. The molecule has 0 radical (unpaired) electrons. The molecule has 6 aromatic rings. The molecule has 0 heterocycles. The number of hydrogen-bond donors (Lipinski definition) is 4. The standard InChI is InChI=1S/2C20H14O6.2ClH/c2*21-19(22)13-5-3-7-15(11-13)25-17-9-1-2-10-18(17)26-16-8-4-6-14(12-16)20(23)24;;/h2*1-12H,(H,21,22)(H,23,24);2*1H. The van der Waals surface area contributed by atoms with Crippen molar-refractivity contribution in [3.05, 3.63) is 168 Å². The van der Waals surface area contributed by atoms with Gasteiger partial charge in [0.15, 0.2) is 23.0 Å². The zero-order chi connectivity index (χ0) is 37.0. The third-order valence-corrected chi connectivity index (χ3v) is 6.93. The fraction of sp³-hybridized carbons (Fsp3) is 0. The van der Waals surface area contributed by atoms with Gasteiger partial charge >= 0.3 is 23.9 Å². The summed E-state index contributed by atoms with van der Waals surface area (Å²) in [5, 5.41) is 36.3. The van der Waals surface area contributed by atoms with Gasteiger partial charge in [0.05, 0.1) is 22.3 Å². The number of hydrogen-bond acceptors (Lipinski definition) is 8. The van der Waals surface area contributed by atoms with E-state index in [0.717, 1.165) is 0 Å². The van der Waals surface area contributed by atoms with E-state index in [1.165, 1.54) is 48.5 Å². The summed E-state index contributed by atoms with van der Waals surface area (Å²) < 4.78 is 23.0. The molecule has 0 fully saturated rings. The first-order valence-corrected chi connectivity index (χ1v) is 15.3. The molecule has 14 heteroatoms. The monoisotopic (exact) mass is 772 g/mol. The second-order valence-corrected chi connectivity index (χ2v) is 10.6. The predicted molar refractivity (Wildman–Crippen MR) is 201 cm³/mol. The van der Waals surface area contributed by atoms with E-state index in [1.807, 2.05) is 0 Å². The van der Waals surface area contributed by atoms with Crippen LogP contribution in [-0.4, -0.2) is 44.3 Å². The van der Waals surface area contributed by atoms with Crippen LogP contribution in [-0.2, 0) is 0 Å². The zero-order valence-electron chi connectivity index (χ0n) is 27.7. The maximum Gasteiger partial charge on any atom is 0.335 e. The Morgan fingerprint density at radius 1 is 0.315 bits per heavy atom. The number of para-hydroxylation sites is 4. The lowest BCUT2D eigenvalue weighted by Crippen LogP contribution is -1.97. The molecule has 6 rings (SSSR count). The number of benzene rings is 6. The molecule has 4 N–H and O–H groups in total. The summed E-state index contributed by atoms with van der Waals surface area (Å²) in [5.41, 5.74) is 0.426. The SMILES string of the molecule is Cl.Cl.O=C(O)c1cccc(Oc2ccccc2Oc2cccc(C(=O)O)c2)c1.O=C(O)c1cccc(Oc2ccccc2Oc2cccc(C(=O)O)c2)c1. The van der Waals surface area contributed by atoms with Crippen molar-refractivity contribution < 1.29 is 58.6 Å². The number of halogens is 2. The zero-order valence-corrected chi connectivity index (χ0v) is 29.4. The van der Waals surface area contributed by atoms with E-state index >= 15 is 0 Å². The van der Waals surface area contributed by atoms with E-state index in [0.29, 0.717) is 46.0 Å². The Balaban J connectivity index is 0.000000280. The summed E-state index contributed by atoms with van der Waals surface area (Å²) in [6.07, 6.45) is 0. The minimum atomic E-state index is -1.05. The molecule has 12 nitrogen and oxygen atoms in total. The minimum absolute atomic E-state index is 0. The van der Waals surface area contributed by atoms with Crippen LogP contribution in [0.5, 0.6) is 46.0 Å². The van der Waals surface area contributed by atoms with Crippen LogP contribution in [0.15, 0.2) is 146 Å². The van der Waals surface area contributed by atoms with Crippen LogP contribution in [0.2, 0.25) is 0 Å². The summed E-state index contributed by atoms with van der Waals surface area (Å²) in [5.74, 6) is -1.33. The largest absolute Gasteiger partial charge is 0.478 e. The van der Waals surface area contributed by atoms with E-state index in [1.54, 1.807) is 97.1 Å². The van der Waals surface area contributed by atoms with Crippen molar-refractivity contribution in [1.29, 1.82) is 0 Å². The fourth-order valence-corrected chi connectivity index (χ4v) is 4.52. The van der Waals surface area contributed by atoms with Gasteiger partial charge in [-0.15, -0.1) is 24.8 Å². The van der Waals surface area contributed by atoms with E-state index in [4.69, 9.17) is 39.4 Å². The molecule has 0 atom stereocenters. The molecule has 6 aromatic carbocycles. The van der Waals surface area contributed by atoms with Crippen molar-refractivity contribution in [3.8, 4) is 46.0 Å². The number of aromatic carboxylic acids is 4. The third-order valence-electron chi connectivity index (χ3n) is 6.93. The van der Waals surface area contributed by atoms with Crippen LogP contribution < -0.4 is 18.9 Å². The topological polar surface area (TPSA) is 186 Å². The molecule has 0 aliphatic carbocycles. The molecule has 0 aliphatic heterocycles. The highest BCUT2D eigenvalue weighted by Gasteiger charge is 2.13. The molecular formula is C40H30Cl2O12. The number of rotatable bonds is 12. The van der Waals surface area contributed by atoms with Crippen molar-refractivity contribution in [3.63, 3.8) is 0 Å². The Hall–Kier alpha value is -7.02. The Labute approximate surface area is 320 Å². The molecule has 0 saturated heterocycles. The third kappa shape index (κ3) is 11.5. The first-order chi connectivity index (χ1) is 25.0. The van der Waals surface area contributed by atoms with Crippen LogP contribution in [0, 0.1) is 0 Å². The van der Waals surface area contributed by atoms with Gasteiger partial charge in [-0.2, -0.15) is 0 Å². The van der Waals surface area contributed by atoms with E-state index < -0.39 is 23.9 Å². The second kappa shape index (κ2) is 19.6. The van der Waals surface area contributed by atoms with Gasteiger partial charge < -0.3 is 39.4 Å². The van der Waals surface area contributed by atoms with Crippen LogP contribution in [0.1, 0.15) is 41.4 Å². The van der Waals surface area contributed by atoms with Crippen molar-refractivity contribution in [1.82, 2.24) is 0 Å². The van der Waals surface area contributed by atoms with Crippen LogP contribution in [0.3, 0.4) is 0 Å². The van der Waals surface area contributed by atoms with Gasteiger partial charge in [0.1, 0.15) is 23.0 Å². The average molecular weight is 774 g/mol. The maximum atomic E-state index is 11.1. The Kier molecular flexibility index (Phi) is 15.0. The molecule has 0 amide bonds. The average Bonchev–Trinajstić information content (AvgIpc) is 3.14. The molecule has 0 spiro atoms. The number of carboxylic acid groups (broad SMARTS) is 4. The van der Waals surface area contributed by atoms with Gasteiger partial charge in [-0.25, -0.2) is 19.2 Å². The quantitative estimate of drug-likeness (QED) is 0.0923. The number of carbonyl (C=O) groups is 4. The highest BCUT2D eigenvalue weighted by Crippen LogP contribution is 2.36. The number of ether oxygens (including phenoxy) is 4. The molecule has 0 aromatic heterocycles. The van der Waals surface area contributed by atoms with Gasteiger partial charge in [0.25, 0.3) is 0 Å².